The Bertz CT molecular complexity index is 259. The van der Waals surface area contributed by atoms with Crippen LogP contribution in [0.5, 0.6) is 0 Å². The summed E-state index contributed by atoms with van der Waals surface area (Å²) in [5.74, 6) is 1.37. The molecule has 3 atom stereocenters. The van der Waals surface area contributed by atoms with Crippen LogP contribution >= 0.6 is 0 Å². The van der Waals surface area contributed by atoms with Gasteiger partial charge in [-0.25, -0.2) is 0 Å². The van der Waals surface area contributed by atoms with E-state index in [1.54, 1.807) is 0 Å². The number of hydrogen-bond acceptors (Lipinski definition) is 2. The standard InChI is InChI=1S/C19H39NO/c1-5-6-7-8-9-10-13-21-18-14-17(19(2,3)4)12-11-16(18)15-20/h16-18H,5-15,20H2,1-4H3. The lowest BCUT2D eigenvalue weighted by atomic mass is 9.68. The van der Waals surface area contributed by atoms with Crippen LogP contribution in [0, 0.1) is 17.3 Å². The van der Waals surface area contributed by atoms with Crippen LogP contribution in [-0.2, 0) is 4.74 Å². The highest BCUT2D eigenvalue weighted by atomic mass is 16.5. The minimum absolute atomic E-state index is 0.404. The first kappa shape index (κ1) is 19.0. The lowest BCUT2D eigenvalue weighted by molar-refractivity contribution is -0.0416. The van der Waals surface area contributed by atoms with Gasteiger partial charge in [-0.3, -0.25) is 0 Å². The fraction of sp³-hybridized carbons (Fsp3) is 1.00. The van der Waals surface area contributed by atoms with E-state index >= 15 is 0 Å². The van der Waals surface area contributed by atoms with Crippen LogP contribution in [0.2, 0.25) is 0 Å². The second-order valence-corrected chi connectivity index (χ2v) is 8.05. The van der Waals surface area contributed by atoms with Gasteiger partial charge in [0.25, 0.3) is 0 Å². The summed E-state index contributed by atoms with van der Waals surface area (Å²) in [7, 11) is 0. The molecule has 1 saturated carbocycles. The summed E-state index contributed by atoms with van der Waals surface area (Å²) in [6.07, 6.45) is 12.2. The molecule has 1 aliphatic carbocycles. The van der Waals surface area contributed by atoms with Gasteiger partial charge in [-0.1, -0.05) is 59.8 Å². The zero-order valence-electron chi connectivity index (χ0n) is 15.0. The third-order valence-electron chi connectivity index (χ3n) is 5.29. The second-order valence-electron chi connectivity index (χ2n) is 8.05. The molecule has 3 unspecified atom stereocenters. The summed E-state index contributed by atoms with van der Waals surface area (Å²) >= 11 is 0. The first-order chi connectivity index (χ1) is 9.99. The maximum absolute atomic E-state index is 6.24. The Kier molecular flexibility index (Phi) is 8.89. The number of hydrogen-bond donors (Lipinski definition) is 1. The predicted molar refractivity (Wildman–Crippen MR) is 92.5 cm³/mol. The number of rotatable bonds is 9. The molecule has 1 fully saturated rings. The molecule has 21 heavy (non-hydrogen) atoms. The van der Waals surface area contributed by atoms with Crippen molar-refractivity contribution < 1.29 is 4.74 Å². The third kappa shape index (κ3) is 7.15. The number of unbranched alkanes of at least 4 members (excludes halogenated alkanes) is 5. The zero-order valence-corrected chi connectivity index (χ0v) is 15.0. The van der Waals surface area contributed by atoms with Crippen LogP contribution in [0.15, 0.2) is 0 Å². The zero-order chi connectivity index (χ0) is 15.7. The molecule has 2 N–H and O–H groups in total. The van der Waals surface area contributed by atoms with Gasteiger partial charge >= 0.3 is 0 Å². The Labute approximate surface area is 133 Å². The fourth-order valence-corrected chi connectivity index (χ4v) is 3.57. The Morgan fingerprint density at radius 1 is 1.00 bits per heavy atom. The van der Waals surface area contributed by atoms with Gasteiger partial charge in [0, 0.05) is 6.61 Å². The van der Waals surface area contributed by atoms with E-state index in [9.17, 15) is 0 Å². The highest BCUT2D eigenvalue weighted by Crippen LogP contribution is 2.40. The minimum atomic E-state index is 0.404. The molecule has 0 aromatic carbocycles. The summed E-state index contributed by atoms with van der Waals surface area (Å²) in [5.41, 5.74) is 6.36. The third-order valence-corrected chi connectivity index (χ3v) is 5.29. The molecular formula is C19H39NO. The number of ether oxygens (including phenoxy) is 1. The van der Waals surface area contributed by atoms with E-state index in [0.717, 1.165) is 19.1 Å². The van der Waals surface area contributed by atoms with E-state index in [2.05, 4.69) is 27.7 Å². The minimum Gasteiger partial charge on any atom is -0.378 e. The second kappa shape index (κ2) is 9.84. The van der Waals surface area contributed by atoms with E-state index in [4.69, 9.17) is 10.5 Å². The summed E-state index contributed by atoms with van der Waals surface area (Å²) in [6, 6.07) is 0. The summed E-state index contributed by atoms with van der Waals surface area (Å²) < 4.78 is 6.24. The van der Waals surface area contributed by atoms with Gasteiger partial charge in [0.2, 0.25) is 0 Å². The van der Waals surface area contributed by atoms with E-state index in [1.165, 1.54) is 57.8 Å². The van der Waals surface area contributed by atoms with Crippen molar-refractivity contribution in [1.82, 2.24) is 0 Å². The maximum atomic E-state index is 6.24. The first-order valence-corrected chi connectivity index (χ1v) is 9.30. The van der Waals surface area contributed by atoms with Gasteiger partial charge in [-0.15, -0.1) is 0 Å². The Balaban J connectivity index is 2.26. The van der Waals surface area contributed by atoms with Crippen molar-refractivity contribution in [1.29, 1.82) is 0 Å². The van der Waals surface area contributed by atoms with Crippen LogP contribution in [0.1, 0.15) is 85.5 Å². The Hall–Kier alpha value is -0.0800. The van der Waals surface area contributed by atoms with Crippen LogP contribution in [0.4, 0.5) is 0 Å². The van der Waals surface area contributed by atoms with Gasteiger partial charge in [-0.2, -0.15) is 0 Å². The average molecular weight is 298 g/mol. The largest absolute Gasteiger partial charge is 0.378 e. The van der Waals surface area contributed by atoms with Gasteiger partial charge in [0.15, 0.2) is 0 Å². The lowest BCUT2D eigenvalue weighted by Gasteiger charge is -2.41. The van der Waals surface area contributed by atoms with Crippen LogP contribution in [-0.4, -0.2) is 19.3 Å². The van der Waals surface area contributed by atoms with Gasteiger partial charge in [-0.05, 0) is 49.5 Å². The van der Waals surface area contributed by atoms with E-state index in [1.807, 2.05) is 0 Å². The summed E-state index contributed by atoms with van der Waals surface area (Å²) in [4.78, 5) is 0. The topological polar surface area (TPSA) is 35.2 Å². The monoisotopic (exact) mass is 297 g/mol. The smallest absolute Gasteiger partial charge is 0.0618 e. The molecule has 126 valence electrons. The molecular weight excluding hydrogens is 258 g/mol. The van der Waals surface area contributed by atoms with Crippen molar-refractivity contribution in [3.8, 4) is 0 Å². The molecule has 0 spiro atoms. The molecule has 2 nitrogen and oxygen atoms in total. The van der Waals surface area contributed by atoms with Crippen LogP contribution in [0.25, 0.3) is 0 Å². The SMILES string of the molecule is CCCCCCCCOC1CC(C(C)(C)C)CCC1CN. The lowest BCUT2D eigenvalue weighted by Crippen LogP contribution is -2.40. The van der Waals surface area contributed by atoms with Gasteiger partial charge in [0.1, 0.15) is 0 Å². The number of nitrogens with two attached hydrogens (primary N) is 1. The molecule has 0 heterocycles. The van der Waals surface area contributed by atoms with E-state index in [0.29, 0.717) is 17.4 Å². The van der Waals surface area contributed by atoms with Crippen molar-refractivity contribution in [3.05, 3.63) is 0 Å². The van der Waals surface area contributed by atoms with Crippen molar-refractivity contribution >= 4 is 0 Å². The molecule has 2 heteroatoms. The normalized spacial score (nSPS) is 27.0. The average Bonchev–Trinajstić information content (AvgIpc) is 2.45. The Morgan fingerprint density at radius 3 is 2.29 bits per heavy atom. The molecule has 0 saturated heterocycles. The molecule has 1 aliphatic rings. The fourth-order valence-electron chi connectivity index (χ4n) is 3.57. The maximum Gasteiger partial charge on any atom is 0.0618 e. The van der Waals surface area contributed by atoms with Crippen molar-refractivity contribution in [3.63, 3.8) is 0 Å². The molecule has 0 aromatic heterocycles. The van der Waals surface area contributed by atoms with Gasteiger partial charge in [0.05, 0.1) is 6.10 Å². The van der Waals surface area contributed by atoms with Crippen molar-refractivity contribution in [2.75, 3.05) is 13.2 Å². The van der Waals surface area contributed by atoms with Crippen molar-refractivity contribution in [2.24, 2.45) is 23.0 Å². The predicted octanol–water partition coefficient (Wildman–Crippen LogP) is 5.15. The van der Waals surface area contributed by atoms with Gasteiger partial charge < -0.3 is 10.5 Å². The van der Waals surface area contributed by atoms with Crippen LogP contribution < -0.4 is 5.73 Å². The molecule has 1 rings (SSSR count). The quantitative estimate of drug-likeness (QED) is 0.597. The summed E-state index contributed by atoms with van der Waals surface area (Å²) in [6.45, 7) is 11.1. The molecule has 0 radical (unpaired) electrons. The van der Waals surface area contributed by atoms with E-state index in [-0.39, 0.29) is 0 Å². The Morgan fingerprint density at radius 2 is 1.67 bits per heavy atom. The first-order valence-electron chi connectivity index (χ1n) is 9.30. The highest BCUT2D eigenvalue weighted by Gasteiger charge is 2.35. The molecule has 0 bridgehead atoms. The molecule has 0 amide bonds. The van der Waals surface area contributed by atoms with Crippen molar-refractivity contribution in [2.45, 2.75) is 91.6 Å². The molecule has 0 aromatic rings. The highest BCUT2D eigenvalue weighted by molar-refractivity contribution is 4.86. The molecule has 0 aliphatic heterocycles. The van der Waals surface area contributed by atoms with E-state index < -0.39 is 0 Å². The summed E-state index contributed by atoms with van der Waals surface area (Å²) in [5, 5.41) is 0. The van der Waals surface area contributed by atoms with Crippen LogP contribution in [0.3, 0.4) is 0 Å².